The Kier molecular flexibility index (Phi) is 3.79. The highest BCUT2D eigenvalue weighted by Gasteiger charge is 2.37. The second-order valence-corrected chi connectivity index (χ2v) is 7.61. The lowest BCUT2D eigenvalue weighted by molar-refractivity contribution is 0.173. The lowest BCUT2D eigenvalue weighted by Gasteiger charge is -2.19. The number of nitrogens with zero attached hydrogens (tertiary/aromatic N) is 2. The van der Waals surface area contributed by atoms with Gasteiger partial charge in [-0.25, -0.2) is 8.42 Å². The van der Waals surface area contributed by atoms with Crippen molar-refractivity contribution in [1.82, 2.24) is 9.29 Å². The lowest BCUT2D eigenvalue weighted by Crippen LogP contribution is -2.30. The summed E-state index contributed by atoms with van der Waals surface area (Å²) in [5, 5.41) is 0. The molecule has 2 saturated heterocycles. The number of ether oxygens (including phenoxy) is 1. The summed E-state index contributed by atoms with van der Waals surface area (Å²) in [7, 11) is -3.39. The van der Waals surface area contributed by atoms with Gasteiger partial charge in [0.2, 0.25) is 10.0 Å². The van der Waals surface area contributed by atoms with Crippen LogP contribution in [0.1, 0.15) is 18.5 Å². The second-order valence-electron chi connectivity index (χ2n) is 5.67. The van der Waals surface area contributed by atoms with Gasteiger partial charge in [-0.1, -0.05) is 0 Å². The Balaban J connectivity index is 1.74. The van der Waals surface area contributed by atoms with Gasteiger partial charge >= 0.3 is 0 Å². The first-order valence-electron chi connectivity index (χ1n) is 7.08. The predicted octanol–water partition coefficient (Wildman–Crippen LogP) is 1.44. The smallest absolute Gasteiger partial charge is 0.244 e. The van der Waals surface area contributed by atoms with Crippen LogP contribution in [-0.4, -0.2) is 44.0 Å². The van der Waals surface area contributed by atoms with Crippen LogP contribution in [0.5, 0.6) is 0 Å². The molecule has 2 unspecified atom stereocenters. The van der Waals surface area contributed by atoms with Crippen molar-refractivity contribution in [2.24, 2.45) is 11.8 Å². The zero-order valence-corrected chi connectivity index (χ0v) is 12.5. The first kappa shape index (κ1) is 14.0. The van der Waals surface area contributed by atoms with Crippen LogP contribution in [0.25, 0.3) is 0 Å². The maximum atomic E-state index is 12.6. The van der Waals surface area contributed by atoms with Crippen molar-refractivity contribution >= 4 is 10.0 Å². The van der Waals surface area contributed by atoms with Crippen LogP contribution in [0.4, 0.5) is 0 Å². The van der Waals surface area contributed by atoms with E-state index in [1.54, 1.807) is 16.4 Å². The van der Waals surface area contributed by atoms with Crippen LogP contribution in [-0.2, 0) is 14.8 Å². The molecule has 3 heterocycles. The summed E-state index contributed by atoms with van der Waals surface area (Å²) in [6, 6.07) is 3.38. The Morgan fingerprint density at radius 1 is 1.30 bits per heavy atom. The van der Waals surface area contributed by atoms with Crippen LogP contribution < -0.4 is 0 Å². The fourth-order valence-electron chi connectivity index (χ4n) is 3.04. The third kappa shape index (κ3) is 2.60. The van der Waals surface area contributed by atoms with Crippen molar-refractivity contribution in [3.8, 4) is 0 Å². The fraction of sp³-hybridized carbons (Fsp3) is 0.643. The molecular formula is C14H20N2O3S. The van der Waals surface area contributed by atoms with E-state index in [1.165, 1.54) is 6.20 Å². The van der Waals surface area contributed by atoms with Crippen LogP contribution >= 0.6 is 0 Å². The van der Waals surface area contributed by atoms with E-state index in [1.807, 2.05) is 6.92 Å². The first-order valence-corrected chi connectivity index (χ1v) is 8.52. The van der Waals surface area contributed by atoms with E-state index in [0.29, 0.717) is 29.8 Å². The number of pyridine rings is 1. The number of aromatic nitrogens is 1. The van der Waals surface area contributed by atoms with Crippen molar-refractivity contribution in [3.05, 3.63) is 24.0 Å². The molecule has 20 heavy (non-hydrogen) atoms. The highest BCUT2D eigenvalue weighted by molar-refractivity contribution is 7.89. The Labute approximate surface area is 120 Å². The van der Waals surface area contributed by atoms with Gasteiger partial charge in [-0.05, 0) is 43.7 Å². The van der Waals surface area contributed by atoms with Gasteiger partial charge in [-0.15, -0.1) is 0 Å². The molecule has 0 spiro atoms. The first-order chi connectivity index (χ1) is 9.57. The molecule has 1 aromatic heterocycles. The number of aryl methyl sites for hydroxylation is 1. The highest BCUT2D eigenvalue weighted by atomic mass is 32.2. The zero-order chi connectivity index (χ0) is 14.2. The van der Waals surface area contributed by atoms with Gasteiger partial charge in [0.1, 0.15) is 4.90 Å². The third-order valence-corrected chi connectivity index (χ3v) is 6.19. The molecule has 0 amide bonds. The van der Waals surface area contributed by atoms with E-state index in [9.17, 15) is 8.42 Å². The van der Waals surface area contributed by atoms with Crippen molar-refractivity contribution in [2.45, 2.75) is 24.7 Å². The van der Waals surface area contributed by atoms with E-state index < -0.39 is 10.0 Å². The van der Waals surface area contributed by atoms with Crippen LogP contribution in [0, 0.1) is 18.8 Å². The quantitative estimate of drug-likeness (QED) is 0.847. The predicted molar refractivity (Wildman–Crippen MR) is 74.8 cm³/mol. The van der Waals surface area contributed by atoms with Gasteiger partial charge in [-0.3, -0.25) is 4.98 Å². The number of hydrogen-bond acceptors (Lipinski definition) is 4. The minimum absolute atomic E-state index is 0.298. The molecule has 0 saturated carbocycles. The summed E-state index contributed by atoms with van der Waals surface area (Å²) in [5.41, 5.74) is 0.825. The second kappa shape index (κ2) is 5.42. The van der Waals surface area contributed by atoms with Gasteiger partial charge in [0.05, 0.1) is 0 Å². The van der Waals surface area contributed by atoms with Crippen LogP contribution in [0.15, 0.2) is 23.2 Å². The largest absolute Gasteiger partial charge is 0.381 e. The molecule has 0 aliphatic carbocycles. The molecule has 0 radical (unpaired) electrons. The summed E-state index contributed by atoms with van der Waals surface area (Å²) < 4.78 is 32.1. The van der Waals surface area contributed by atoms with Crippen LogP contribution in [0.2, 0.25) is 0 Å². The van der Waals surface area contributed by atoms with Crippen molar-refractivity contribution < 1.29 is 13.2 Å². The number of hydrogen-bond donors (Lipinski definition) is 0. The van der Waals surface area contributed by atoms with Gasteiger partial charge < -0.3 is 4.74 Å². The highest BCUT2D eigenvalue weighted by Crippen LogP contribution is 2.32. The van der Waals surface area contributed by atoms with E-state index >= 15 is 0 Å². The van der Waals surface area contributed by atoms with Gasteiger partial charge in [0, 0.05) is 38.2 Å². The van der Waals surface area contributed by atoms with Gasteiger partial charge in [0.25, 0.3) is 0 Å². The molecule has 2 aliphatic heterocycles. The lowest BCUT2D eigenvalue weighted by atomic mass is 9.91. The molecule has 2 aliphatic rings. The Morgan fingerprint density at radius 2 is 2.15 bits per heavy atom. The molecule has 2 atom stereocenters. The average Bonchev–Trinajstić information content (AvgIpc) is 3.10. The van der Waals surface area contributed by atoms with Crippen molar-refractivity contribution in [2.75, 3.05) is 26.3 Å². The molecule has 1 aromatic rings. The summed E-state index contributed by atoms with van der Waals surface area (Å²) >= 11 is 0. The van der Waals surface area contributed by atoms with E-state index in [-0.39, 0.29) is 0 Å². The molecule has 2 fully saturated rings. The minimum atomic E-state index is -3.39. The van der Waals surface area contributed by atoms with Gasteiger partial charge in [-0.2, -0.15) is 4.31 Å². The van der Waals surface area contributed by atoms with E-state index in [0.717, 1.165) is 31.7 Å². The molecule has 0 N–H and O–H groups in total. The summed E-state index contributed by atoms with van der Waals surface area (Å²) in [5.74, 6) is 0.956. The van der Waals surface area contributed by atoms with Gasteiger partial charge in [0.15, 0.2) is 0 Å². The number of rotatable bonds is 3. The summed E-state index contributed by atoms with van der Waals surface area (Å²) in [6.45, 7) is 4.67. The zero-order valence-electron chi connectivity index (χ0n) is 11.7. The number of sulfonamides is 1. The van der Waals surface area contributed by atoms with Crippen molar-refractivity contribution in [3.63, 3.8) is 0 Å². The molecule has 5 nitrogen and oxygen atoms in total. The monoisotopic (exact) mass is 296 g/mol. The maximum absolute atomic E-state index is 12.6. The Morgan fingerprint density at radius 3 is 2.80 bits per heavy atom. The van der Waals surface area contributed by atoms with Crippen molar-refractivity contribution in [1.29, 1.82) is 0 Å². The fourth-order valence-corrected chi connectivity index (χ4v) is 4.50. The normalized spacial score (nSPS) is 28.1. The standard InChI is InChI=1S/C14H20N2O3S/c1-11-2-3-14(8-15-11)20(17,18)16-6-4-12(9-16)13-5-7-19-10-13/h2-3,8,12-13H,4-7,9-10H2,1H3. The van der Waals surface area contributed by atoms with E-state index in [4.69, 9.17) is 4.74 Å². The molecule has 0 bridgehead atoms. The summed E-state index contributed by atoms with van der Waals surface area (Å²) in [4.78, 5) is 4.39. The average molecular weight is 296 g/mol. The Bertz CT molecular complexity index is 565. The van der Waals surface area contributed by atoms with E-state index in [2.05, 4.69) is 4.98 Å². The molecule has 6 heteroatoms. The van der Waals surface area contributed by atoms with Crippen LogP contribution in [0.3, 0.4) is 0 Å². The topological polar surface area (TPSA) is 59.5 Å². The SMILES string of the molecule is Cc1ccc(S(=O)(=O)N2CCC(C3CCOC3)C2)cn1. The molecule has 0 aromatic carbocycles. The minimum Gasteiger partial charge on any atom is -0.381 e. The molecule has 110 valence electrons. The Hall–Kier alpha value is -0.980. The molecule has 3 rings (SSSR count). The third-order valence-electron chi connectivity index (χ3n) is 4.34. The molecular weight excluding hydrogens is 276 g/mol. The summed E-state index contributed by atoms with van der Waals surface area (Å²) in [6.07, 6.45) is 3.45. The maximum Gasteiger partial charge on any atom is 0.244 e.